The van der Waals surface area contributed by atoms with E-state index >= 15 is 0 Å². The van der Waals surface area contributed by atoms with Gasteiger partial charge in [-0.2, -0.15) is 0 Å². The number of Topliss-reactive ketones (excluding diaryl/α,β-unsaturated/α-hetero) is 1. The van der Waals surface area contributed by atoms with Gasteiger partial charge in [0.2, 0.25) is 5.88 Å². The maximum absolute atomic E-state index is 12.4. The van der Waals surface area contributed by atoms with Crippen LogP contribution in [-0.4, -0.2) is 30.8 Å². The number of anilines is 1. The maximum atomic E-state index is 12.4. The highest BCUT2D eigenvalue weighted by atomic mass is 35.5. The Morgan fingerprint density at radius 2 is 1.93 bits per heavy atom. The Morgan fingerprint density at radius 1 is 1.25 bits per heavy atom. The van der Waals surface area contributed by atoms with Crippen LogP contribution in [0.3, 0.4) is 0 Å². The number of carbonyl (C=O) groups excluding carboxylic acids is 3. The van der Waals surface area contributed by atoms with Gasteiger partial charge in [-0.1, -0.05) is 29.8 Å². The molecule has 0 radical (unpaired) electrons. The zero-order valence-corrected chi connectivity index (χ0v) is 17.1. The summed E-state index contributed by atoms with van der Waals surface area (Å²) in [5.41, 5.74) is 0.971. The van der Waals surface area contributed by atoms with Gasteiger partial charge in [-0.05, 0) is 33.8 Å². The third kappa shape index (κ3) is 4.99. The number of aryl methyl sites for hydroxylation is 1. The van der Waals surface area contributed by atoms with Crippen molar-refractivity contribution in [2.45, 2.75) is 33.7 Å². The zero-order chi connectivity index (χ0) is 20.8. The van der Waals surface area contributed by atoms with E-state index in [1.807, 2.05) is 30.4 Å². The lowest BCUT2D eigenvalue weighted by atomic mass is 10.1. The molecule has 1 aromatic carbocycles. The summed E-state index contributed by atoms with van der Waals surface area (Å²) in [4.78, 5) is 36.5. The zero-order valence-electron chi connectivity index (χ0n) is 16.3. The fraction of sp³-hybridized carbons (Fsp3) is 0.350. The number of nitrogens with one attached hydrogen (secondary N) is 1. The highest BCUT2D eigenvalue weighted by Crippen LogP contribution is 2.28. The molecule has 2 aromatic rings. The molecule has 8 heteroatoms. The van der Waals surface area contributed by atoms with Gasteiger partial charge in [-0.15, -0.1) is 0 Å². The predicted octanol–water partition coefficient (Wildman–Crippen LogP) is 2.88. The molecule has 1 atom stereocenters. The number of rotatable bonds is 8. The molecule has 1 heterocycles. The van der Waals surface area contributed by atoms with E-state index in [1.54, 1.807) is 19.9 Å². The van der Waals surface area contributed by atoms with Gasteiger partial charge in [-0.25, -0.2) is 4.79 Å². The van der Waals surface area contributed by atoms with Gasteiger partial charge in [0.25, 0.3) is 5.91 Å². The van der Waals surface area contributed by atoms with Gasteiger partial charge in [0.05, 0.1) is 12.2 Å². The number of esters is 1. The van der Waals surface area contributed by atoms with Gasteiger partial charge in [0.1, 0.15) is 17.4 Å². The van der Waals surface area contributed by atoms with Crippen LogP contribution in [-0.2, 0) is 9.53 Å². The molecule has 0 aliphatic carbocycles. The Hall–Kier alpha value is -2.64. The number of furan rings is 1. The van der Waals surface area contributed by atoms with E-state index in [9.17, 15) is 14.4 Å². The van der Waals surface area contributed by atoms with Crippen LogP contribution < -0.4 is 10.6 Å². The van der Waals surface area contributed by atoms with Gasteiger partial charge in [0.15, 0.2) is 12.3 Å². The second kappa shape index (κ2) is 9.52. The topological polar surface area (TPSA) is 102 Å². The Morgan fingerprint density at radius 3 is 2.54 bits per heavy atom. The molecule has 0 unspecified atom stereocenters. The molecule has 1 aromatic heterocycles. The third-order valence-electron chi connectivity index (χ3n) is 4.22. The number of ketones is 1. The van der Waals surface area contributed by atoms with Crippen molar-refractivity contribution in [1.82, 2.24) is 0 Å². The van der Waals surface area contributed by atoms with Crippen LogP contribution in [0, 0.1) is 6.92 Å². The number of benzene rings is 1. The van der Waals surface area contributed by atoms with Gasteiger partial charge < -0.3 is 14.5 Å². The van der Waals surface area contributed by atoms with E-state index in [-0.39, 0.29) is 53.7 Å². The Bertz CT molecular complexity index is 891. The fourth-order valence-electron chi connectivity index (χ4n) is 2.89. The van der Waals surface area contributed by atoms with Gasteiger partial charge in [-0.3, -0.25) is 14.9 Å². The minimum absolute atomic E-state index is 0.0462. The van der Waals surface area contributed by atoms with E-state index < -0.39 is 5.97 Å². The lowest BCUT2D eigenvalue weighted by Crippen LogP contribution is -2.86. The van der Waals surface area contributed by atoms with Crippen molar-refractivity contribution in [2.75, 3.05) is 18.5 Å². The highest BCUT2D eigenvalue weighted by Gasteiger charge is 2.29. The number of ether oxygens (including phenoxy) is 1. The standard InChI is InChI=1S/C20H23ClN2O5/c1-5-27-20(26)18-17(12(3)24)13(4)28-19(18)23-16(25)10-22-11(2)14-8-6-7-9-15(14)21/h6-9,11,22H,5,10H2,1-4H3,(H,23,25)/p+1/t11-/m1/s1. The van der Waals surface area contributed by atoms with Gasteiger partial charge >= 0.3 is 5.97 Å². The largest absolute Gasteiger partial charge is 0.462 e. The monoisotopic (exact) mass is 407 g/mol. The molecule has 1 amide bonds. The molecule has 2 rings (SSSR count). The molecule has 0 saturated heterocycles. The molecular weight excluding hydrogens is 384 g/mol. The molecule has 0 spiro atoms. The summed E-state index contributed by atoms with van der Waals surface area (Å²) in [5.74, 6) is -1.27. The Kier molecular flexibility index (Phi) is 7.37. The summed E-state index contributed by atoms with van der Waals surface area (Å²) in [7, 11) is 0. The number of carbonyl (C=O) groups is 3. The van der Waals surface area contributed by atoms with Crippen LogP contribution in [0.25, 0.3) is 0 Å². The van der Waals surface area contributed by atoms with Crippen LogP contribution in [0.4, 0.5) is 5.88 Å². The van der Waals surface area contributed by atoms with Crippen molar-refractivity contribution >= 4 is 35.1 Å². The summed E-state index contributed by atoms with van der Waals surface area (Å²) in [5, 5.41) is 5.00. The molecule has 0 saturated carbocycles. The van der Waals surface area contributed by atoms with Crippen LogP contribution >= 0.6 is 11.6 Å². The smallest absolute Gasteiger partial charge is 0.344 e. The van der Waals surface area contributed by atoms with E-state index in [0.29, 0.717) is 5.02 Å². The number of hydrogen-bond acceptors (Lipinski definition) is 5. The Labute approximate surface area is 168 Å². The number of amides is 1. The normalized spacial score (nSPS) is 11.8. The van der Waals surface area contributed by atoms with Crippen molar-refractivity contribution < 1.29 is 28.9 Å². The first-order valence-electron chi connectivity index (χ1n) is 8.95. The fourth-order valence-corrected chi connectivity index (χ4v) is 3.20. The molecule has 0 fully saturated rings. The number of quaternary nitrogens is 1. The molecular formula is C20H24ClN2O5+. The highest BCUT2D eigenvalue weighted by molar-refractivity contribution is 6.31. The summed E-state index contributed by atoms with van der Waals surface area (Å²) < 4.78 is 10.5. The van der Waals surface area contributed by atoms with Crippen LogP contribution in [0.15, 0.2) is 28.7 Å². The van der Waals surface area contributed by atoms with Crippen molar-refractivity contribution in [3.05, 3.63) is 51.7 Å². The minimum Gasteiger partial charge on any atom is -0.462 e. The van der Waals surface area contributed by atoms with Gasteiger partial charge in [0, 0.05) is 10.6 Å². The third-order valence-corrected chi connectivity index (χ3v) is 4.57. The van der Waals surface area contributed by atoms with Crippen LogP contribution in [0.5, 0.6) is 0 Å². The summed E-state index contributed by atoms with van der Waals surface area (Å²) in [6, 6.07) is 7.37. The van der Waals surface area contributed by atoms with E-state index in [2.05, 4.69) is 5.32 Å². The maximum Gasteiger partial charge on any atom is 0.344 e. The minimum atomic E-state index is -0.715. The van der Waals surface area contributed by atoms with Crippen LogP contribution in [0.1, 0.15) is 58.9 Å². The SMILES string of the molecule is CCOC(=O)c1c(NC(=O)C[NH2+][C@H](C)c2ccccc2Cl)oc(C)c1C(C)=O. The van der Waals surface area contributed by atoms with Crippen LogP contribution in [0.2, 0.25) is 5.02 Å². The predicted molar refractivity (Wildman–Crippen MR) is 105 cm³/mol. The first-order chi connectivity index (χ1) is 13.3. The lowest BCUT2D eigenvalue weighted by molar-refractivity contribution is -0.682. The van der Waals surface area contributed by atoms with E-state index in [0.717, 1.165) is 5.56 Å². The summed E-state index contributed by atoms with van der Waals surface area (Å²) in [6.45, 7) is 6.68. The number of nitrogens with two attached hydrogens (primary N) is 1. The summed E-state index contributed by atoms with van der Waals surface area (Å²) in [6.07, 6.45) is 0. The molecule has 28 heavy (non-hydrogen) atoms. The van der Waals surface area contributed by atoms with Crippen molar-refractivity contribution in [2.24, 2.45) is 0 Å². The molecule has 0 aliphatic heterocycles. The molecule has 150 valence electrons. The second-order valence-corrected chi connectivity index (χ2v) is 6.72. The number of halogens is 1. The summed E-state index contributed by atoms with van der Waals surface area (Å²) >= 11 is 6.18. The molecule has 0 bridgehead atoms. The van der Waals surface area contributed by atoms with E-state index in [1.165, 1.54) is 6.92 Å². The van der Waals surface area contributed by atoms with E-state index in [4.69, 9.17) is 20.8 Å². The number of hydrogen-bond donors (Lipinski definition) is 2. The average molecular weight is 408 g/mol. The quantitative estimate of drug-likeness (QED) is 0.517. The first kappa shape index (κ1) is 21.7. The first-order valence-corrected chi connectivity index (χ1v) is 9.33. The Balaban J connectivity index is 2.13. The second-order valence-electron chi connectivity index (χ2n) is 6.31. The molecule has 3 N–H and O–H groups in total. The lowest BCUT2D eigenvalue weighted by Gasteiger charge is -2.12. The molecule has 0 aliphatic rings. The van der Waals surface area contributed by atoms with Crippen molar-refractivity contribution in [3.8, 4) is 0 Å². The average Bonchev–Trinajstić information content (AvgIpc) is 2.96. The molecule has 7 nitrogen and oxygen atoms in total. The van der Waals surface area contributed by atoms with Crippen molar-refractivity contribution in [1.29, 1.82) is 0 Å². The van der Waals surface area contributed by atoms with Crippen molar-refractivity contribution in [3.63, 3.8) is 0 Å².